The molecule has 0 aliphatic carbocycles. The number of aromatic amines is 1. The van der Waals surface area contributed by atoms with Crippen molar-refractivity contribution in [2.75, 3.05) is 23.7 Å². The van der Waals surface area contributed by atoms with Gasteiger partial charge in [-0.15, -0.1) is 0 Å². The van der Waals surface area contributed by atoms with E-state index in [1.807, 2.05) is 6.07 Å². The molecule has 1 aromatic carbocycles. The van der Waals surface area contributed by atoms with Gasteiger partial charge in [-0.05, 0) is 24.8 Å². The summed E-state index contributed by atoms with van der Waals surface area (Å²) in [5.41, 5.74) is 9.54. The zero-order valence-electron chi connectivity index (χ0n) is 9.16. The van der Waals surface area contributed by atoms with Crippen molar-refractivity contribution in [1.82, 2.24) is 4.98 Å². The summed E-state index contributed by atoms with van der Waals surface area (Å²) in [5, 5.41) is 1.34. The van der Waals surface area contributed by atoms with E-state index in [1.165, 1.54) is 42.7 Å². The molecule has 3 nitrogen and oxygen atoms in total. The van der Waals surface area contributed by atoms with Crippen molar-refractivity contribution in [3.8, 4) is 0 Å². The molecule has 2 bridgehead atoms. The molecule has 0 saturated carbocycles. The minimum absolute atomic E-state index is 0.746. The number of H-pyrrole nitrogens is 1. The molecule has 3 aliphatic rings. The summed E-state index contributed by atoms with van der Waals surface area (Å²) in [6, 6.07) is 6.23. The lowest BCUT2D eigenvalue weighted by molar-refractivity contribution is 0.475. The molecular formula is C13H15N3. The van der Waals surface area contributed by atoms with Crippen molar-refractivity contribution < 1.29 is 0 Å². The van der Waals surface area contributed by atoms with Crippen molar-refractivity contribution in [2.24, 2.45) is 0 Å². The fourth-order valence-electron chi connectivity index (χ4n) is 3.30. The lowest BCUT2D eigenvalue weighted by Crippen LogP contribution is -2.38. The topological polar surface area (TPSA) is 45.1 Å². The Balaban J connectivity index is 2.11. The van der Waals surface area contributed by atoms with Gasteiger partial charge < -0.3 is 15.6 Å². The van der Waals surface area contributed by atoms with Crippen LogP contribution < -0.4 is 10.6 Å². The standard InChI is InChI=1S/C13H15N3/c14-10-3-1-2-9-11-8-4-6-16(7-5-8)13(11)15-12(9)10/h1-3,8,15H,4-7,14H2. The lowest BCUT2D eigenvalue weighted by atomic mass is 9.84. The molecule has 0 amide bonds. The molecule has 3 N–H and O–H groups in total. The second kappa shape index (κ2) is 2.73. The number of aromatic nitrogens is 1. The number of anilines is 2. The van der Waals surface area contributed by atoms with Crippen LogP contribution in [0.4, 0.5) is 11.5 Å². The molecule has 0 spiro atoms. The van der Waals surface area contributed by atoms with Gasteiger partial charge in [0.15, 0.2) is 0 Å². The average molecular weight is 213 g/mol. The number of benzene rings is 1. The molecule has 5 rings (SSSR count). The smallest absolute Gasteiger partial charge is 0.110 e. The second-order valence-corrected chi connectivity index (χ2v) is 4.92. The molecular weight excluding hydrogens is 198 g/mol. The summed E-state index contributed by atoms with van der Waals surface area (Å²) in [7, 11) is 0. The summed E-state index contributed by atoms with van der Waals surface area (Å²) >= 11 is 0. The van der Waals surface area contributed by atoms with Crippen LogP contribution in [0.1, 0.15) is 24.3 Å². The van der Waals surface area contributed by atoms with Gasteiger partial charge >= 0.3 is 0 Å². The van der Waals surface area contributed by atoms with Gasteiger partial charge in [-0.2, -0.15) is 0 Å². The number of nitrogen functional groups attached to an aromatic ring is 1. The van der Waals surface area contributed by atoms with E-state index in [-0.39, 0.29) is 0 Å². The Labute approximate surface area is 94.2 Å². The lowest BCUT2D eigenvalue weighted by Gasteiger charge is -2.40. The van der Waals surface area contributed by atoms with E-state index in [1.54, 1.807) is 0 Å². The van der Waals surface area contributed by atoms with E-state index in [0.29, 0.717) is 0 Å². The maximum absolute atomic E-state index is 6.03. The first-order valence-corrected chi connectivity index (χ1v) is 5.99. The van der Waals surface area contributed by atoms with Gasteiger partial charge in [-0.25, -0.2) is 0 Å². The van der Waals surface area contributed by atoms with Crippen LogP contribution in [0.3, 0.4) is 0 Å². The average Bonchev–Trinajstić information content (AvgIpc) is 2.74. The van der Waals surface area contributed by atoms with Crippen molar-refractivity contribution in [3.63, 3.8) is 0 Å². The highest BCUT2D eigenvalue weighted by atomic mass is 15.2. The summed E-state index contributed by atoms with van der Waals surface area (Å²) in [6.07, 6.45) is 2.60. The fraction of sp³-hybridized carbons (Fsp3) is 0.385. The van der Waals surface area contributed by atoms with E-state index in [4.69, 9.17) is 5.73 Å². The van der Waals surface area contributed by atoms with Crippen LogP contribution in [0, 0.1) is 0 Å². The number of nitrogens with one attached hydrogen (secondary N) is 1. The number of hydrogen-bond donors (Lipinski definition) is 2. The van der Waals surface area contributed by atoms with Gasteiger partial charge in [0.2, 0.25) is 0 Å². The van der Waals surface area contributed by atoms with Gasteiger partial charge in [0.05, 0.1) is 11.2 Å². The first kappa shape index (κ1) is 8.50. The molecule has 1 aromatic heterocycles. The Morgan fingerprint density at radius 1 is 1.25 bits per heavy atom. The predicted molar refractivity (Wildman–Crippen MR) is 66.9 cm³/mol. The highest BCUT2D eigenvalue weighted by Crippen LogP contribution is 2.46. The van der Waals surface area contributed by atoms with Gasteiger partial charge in [-0.1, -0.05) is 12.1 Å². The summed E-state index contributed by atoms with van der Waals surface area (Å²) in [6.45, 7) is 2.40. The van der Waals surface area contributed by atoms with E-state index >= 15 is 0 Å². The van der Waals surface area contributed by atoms with Crippen molar-refractivity contribution in [3.05, 3.63) is 23.8 Å². The maximum Gasteiger partial charge on any atom is 0.110 e. The van der Waals surface area contributed by atoms with Crippen molar-refractivity contribution in [2.45, 2.75) is 18.8 Å². The molecule has 3 aliphatic heterocycles. The molecule has 4 heterocycles. The highest BCUT2D eigenvalue weighted by Gasteiger charge is 2.33. The van der Waals surface area contributed by atoms with E-state index in [2.05, 4.69) is 22.0 Å². The van der Waals surface area contributed by atoms with E-state index in [9.17, 15) is 0 Å². The van der Waals surface area contributed by atoms with Crippen LogP contribution in [-0.4, -0.2) is 18.1 Å². The highest BCUT2D eigenvalue weighted by molar-refractivity contribution is 5.97. The Bertz CT molecular complexity index is 562. The SMILES string of the molecule is Nc1cccc2c3c([nH]c12)N1CCC3CC1. The Kier molecular flexibility index (Phi) is 1.45. The Hall–Kier alpha value is -1.64. The zero-order valence-corrected chi connectivity index (χ0v) is 9.16. The van der Waals surface area contributed by atoms with Crippen LogP contribution in [-0.2, 0) is 0 Å². The fourth-order valence-corrected chi connectivity index (χ4v) is 3.30. The summed E-state index contributed by atoms with van der Waals surface area (Å²) in [5.74, 6) is 2.07. The number of piperidine rings is 1. The summed E-state index contributed by atoms with van der Waals surface area (Å²) in [4.78, 5) is 5.98. The van der Waals surface area contributed by atoms with Crippen LogP contribution in [0.2, 0.25) is 0 Å². The maximum atomic E-state index is 6.03. The van der Waals surface area contributed by atoms with Crippen molar-refractivity contribution in [1.29, 1.82) is 0 Å². The molecule has 3 heteroatoms. The second-order valence-electron chi connectivity index (χ2n) is 4.92. The quantitative estimate of drug-likeness (QED) is 0.660. The Morgan fingerprint density at radius 3 is 2.88 bits per heavy atom. The van der Waals surface area contributed by atoms with Gasteiger partial charge in [0.25, 0.3) is 0 Å². The molecule has 1 saturated heterocycles. The number of nitrogens with two attached hydrogens (primary N) is 1. The normalized spacial score (nSPS) is 19.4. The van der Waals surface area contributed by atoms with Gasteiger partial charge in [0.1, 0.15) is 5.82 Å². The third-order valence-electron chi connectivity index (χ3n) is 4.10. The zero-order chi connectivity index (χ0) is 10.7. The number of fused-ring (bicyclic) bond motifs is 3. The van der Waals surface area contributed by atoms with E-state index < -0.39 is 0 Å². The molecule has 82 valence electrons. The number of rotatable bonds is 0. The van der Waals surface area contributed by atoms with Crippen LogP contribution >= 0.6 is 0 Å². The first-order valence-electron chi connectivity index (χ1n) is 5.99. The largest absolute Gasteiger partial charge is 0.397 e. The predicted octanol–water partition coefficient (Wildman–Crippen LogP) is 2.45. The van der Waals surface area contributed by atoms with Crippen LogP contribution in [0.5, 0.6) is 0 Å². The minimum atomic E-state index is 0.746. The van der Waals surface area contributed by atoms with E-state index in [0.717, 1.165) is 17.1 Å². The van der Waals surface area contributed by atoms with Crippen LogP contribution in [0.25, 0.3) is 10.9 Å². The monoisotopic (exact) mass is 213 g/mol. The molecule has 0 atom stereocenters. The minimum Gasteiger partial charge on any atom is -0.397 e. The molecule has 1 fully saturated rings. The third-order valence-corrected chi connectivity index (χ3v) is 4.10. The van der Waals surface area contributed by atoms with Crippen LogP contribution in [0.15, 0.2) is 18.2 Å². The van der Waals surface area contributed by atoms with Gasteiger partial charge in [-0.3, -0.25) is 0 Å². The Morgan fingerprint density at radius 2 is 2.06 bits per heavy atom. The number of hydrogen-bond acceptors (Lipinski definition) is 2. The van der Waals surface area contributed by atoms with Crippen molar-refractivity contribution >= 4 is 22.4 Å². The molecule has 16 heavy (non-hydrogen) atoms. The molecule has 0 radical (unpaired) electrons. The first-order chi connectivity index (χ1) is 7.84. The number of para-hydroxylation sites is 1. The number of nitrogens with zero attached hydrogens (tertiary/aromatic N) is 1. The third kappa shape index (κ3) is 0.889. The molecule has 0 unspecified atom stereocenters. The summed E-state index contributed by atoms with van der Waals surface area (Å²) < 4.78 is 0. The van der Waals surface area contributed by atoms with Gasteiger partial charge in [0, 0.05) is 24.0 Å². The molecule has 2 aromatic rings.